The minimum Gasteiger partial charge on any atom is -0.496 e. The summed E-state index contributed by atoms with van der Waals surface area (Å²) in [7, 11) is 1.67. The molecule has 0 spiro atoms. The Labute approximate surface area is 139 Å². The van der Waals surface area contributed by atoms with Crippen molar-refractivity contribution in [2.45, 2.75) is 6.54 Å². The predicted octanol–water partition coefficient (Wildman–Crippen LogP) is 4.46. The van der Waals surface area contributed by atoms with E-state index in [-0.39, 0.29) is 0 Å². The normalized spacial score (nSPS) is 10.9. The second-order valence-electron chi connectivity index (χ2n) is 4.47. The third-order valence-corrected chi connectivity index (χ3v) is 4.45. The van der Waals surface area contributed by atoms with Gasteiger partial charge >= 0.3 is 0 Å². The number of hydrogen-bond acceptors (Lipinski definition) is 2. The first kappa shape index (κ1) is 13.9. The van der Waals surface area contributed by atoms with Crippen LogP contribution in [0.3, 0.4) is 0 Å². The molecule has 0 aliphatic rings. The monoisotopic (exact) mass is 442 g/mol. The molecule has 3 nitrogen and oxygen atoms in total. The number of aromatic nitrogens is 2. The first-order valence-electron chi connectivity index (χ1n) is 6.11. The number of benzene rings is 2. The second-order valence-corrected chi connectivity index (χ2v) is 6.57. The Hall–Kier alpha value is -1.08. The van der Waals surface area contributed by atoms with Crippen molar-refractivity contribution in [1.82, 2.24) is 9.78 Å². The summed E-state index contributed by atoms with van der Waals surface area (Å²) in [6, 6.07) is 12.4. The van der Waals surface area contributed by atoms with Gasteiger partial charge in [0.1, 0.15) is 5.75 Å². The molecule has 1 heterocycles. The summed E-state index contributed by atoms with van der Waals surface area (Å²) in [5.41, 5.74) is 2.34. The van der Waals surface area contributed by atoms with Crippen LogP contribution in [-0.2, 0) is 6.54 Å². The summed E-state index contributed by atoms with van der Waals surface area (Å²) < 4.78 is 9.45. The summed E-state index contributed by atoms with van der Waals surface area (Å²) in [5, 5.41) is 5.64. The van der Waals surface area contributed by atoms with E-state index in [1.165, 1.54) is 9.13 Å². The van der Waals surface area contributed by atoms with Gasteiger partial charge in [0.05, 0.1) is 29.8 Å². The van der Waals surface area contributed by atoms with E-state index in [4.69, 9.17) is 4.74 Å². The SMILES string of the molecule is COc1ccc(Cn2ncc3ccc(I)cc32)cc1Br. The lowest BCUT2D eigenvalue weighted by Crippen LogP contribution is -2.01. The van der Waals surface area contributed by atoms with Crippen molar-refractivity contribution in [3.8, 4) is 5.75 Å². The Kier molecular flexibility index (Phi) is 3.98. The molecule has 0 unspecified atom stereocenters. The van der Waals surface area contributed by atoms with E-state index >= 15 is 0 Å². The molecule has 0 aliphatic carbocycles. The van der Waals surface area contributed by atoms with E-state index in [0.29, 0.717) is 0 Å². The summed E-state index contributed by atoms with van der Waals surface area (Å²) in [6.45, 7) is 0.742. The molecule has 0 fully saturated rings. The summed E-state index contributed by atoms with van der Waals surface area (Å²) in [4.78, 5) is 0. The molecule has 3 aromatic rings. The maximum atomic E-state index is 5.25. The van der Waals surface area contributed by atoms with Crippen molar-refractivity contribution in [1.29, 1.82) is 0 Å². The molecular weight excluding hydrogens is 431 g/mol. The van der Waals surface area contributed by atoms with Crippen LogP contribution in [0.25, 0.3) is 10.9 Å². The minimum atomic E-state index is 0.742. The molecule has 0 atom stereocenters. The molecule has 102 valence electrons. The minimum absolute atomic E-state index is 0.742. The third kappa shape index (κ3) is 2.69. The molecule has 0 amide bonds. The molecule has 0 N–H and O–H groups in total. The lowest BCUT2D eigenvalue weighted by molar-refractivity contribution is 0.412. The molecule has 0 bridgehead atoms. The Morgan fingerprint density at radius 1 is 1.25 bits per heavy atom. The number of hydrogen-bond donors (Lipinski definition) is 0. The van der Waals surface area contributed by atoms with Gasteiger partial charge in [0.2, 0.25) is 0 Å². The first-order chi connectivity index (χ1) is 9.67. The predicted molar refractivity (Wildman–Crippen MR) is 92.2 cm³/mol. The van der Waals surface area contributed by atoms with E-state index in [0.717, 1.165) is 27.7 Å². The quantitative estimate of drug-likeness (QED) is 0.560. The van der Waals surface area contributed by atoms with Crippen LogP contribution < -0.4 is 4.74 Å². The molecule has 0 radical (unpaired) electrons. The van der Waals surface area contributed by atoms with Gasteiger partial charge in [-0.15, -0.1) is 0 Å². The van der Waals surface area contributed by atoms with Crippen molar-refractivity contribution < 1.29 is 4.74 Å². The zero-order valence-corrected chi connectivity index (χ0v) is 14.6. The molecule has 20 heavy (non-hydrogen) atoms. The van der Waals surface area contributed by atoms with Crippen molar-refractivity contribution >= 4 is 49.4 Å². The number of rotatable bonds is 3. The van der Waals surface area contributed by atoms with Crippen molar-refractivity contribution in [2.75, 3.05) is 7.11 Å². The van der Waals surface area contributed by atoms with Crippen LogP contribution in [0.4, 0.5) is 0 Å². The molecule has 1 aromatic heterocycles. The molecule has 0 saturated heterocycles. The average Bonchev–Trinajstić information content (AvgIpc) is 2.82. The van der Waals surface area contributed by atoms with E-state index in [1.54, 1.807) is 7.11 Å². The van der Waals surface area contributed by atoms with Crippen LogP contribution in [0.5, 0.6) is 5.75 Å². The highest BCUT2D eigenvalue weighted by Gasteiger charge is 2.06. The van der Waals surface area contributed by atoms with E-state index in [2.05, 4.69) is 74.0 Å². The molecule has 0 saturated carbocycles. The highest BCUT2D eigenvalue weighted by molar-refractivity contribution is 14.1. The largest absolute Gasteiger partial charge is 0.496 e. The van der Waals surface area contributed by atoms with Gasteiger partial charge in [-0.1, -0.05) is 12.1 Å². The van der Waals surface area contributed by atoms with Crippen LogP contribution in [-0.4, -0.2) is 16.9 Å². The maximum absolute atomic E-state index is 5.25. The van der Waals surface area contributed by atoms with Crippen LogP contribution in [0.2, 0.25) is 0 Å². The number of ether oxygens (including phenoxy) is 1. The van der Waals surface area contributed by atoms with Gasteiger partial charge in [0.15, 0.2) is 0 Å². The number of fused-ring (bicyclic) bond motifs is 1. The van der Waals surface area contributed by atoms with Gasteiger partial charge in [-0.3, -0.25) is 4.68 Å². The highest BCUT2D eigenvalue weighted by Crippen LogP contribution is 2.26. The maximum Gasteiger partial charge on any atom is 0.133 e. The topological polar surface area (TPSA) is 27.1 Å². The van der Waals surface area contributed by atoms with E-state index in [1.807, 2.05) is 16.9 Å². The summed E-state index contributed by atoms with van der Waals surface area (Å²) in [6.07, 6.45) is 1.91. The van der Waals surface area contributed by atoms with Crippen LogP contribution in [0.15, 0.2) is 47.1 Å². The van der Waals surface area contributed by atoms with Gasteiger partial charge in [-0.2, -0.15) is 5.10 Å². The van der Waals surface area contributed by atoms with Crippen LogP contribution >= 0.6 is 38.5 Å². The molecule has 5 heteroatoms. The summed E-state index contributed by atoms with van der Waals surface area (Å²) >= 11 is 5.84. The van der Waals surface area contributed by atoms with Crippen molar-refractivity contribution in [3.63, 3.8) is 0 Å². The van der Waals surface area contributed by atoms with E-state index < -0.39 is 0 Å². The number of halogens is 2. The molecule has 3 rings (SSSR count). The Balaban J connectivity index is 1.97. The lowest BCUT2D eigenvalue weighted by Gasteiger charge is -2.07. The van der Waals surface area contributed by atoms with Crippen LogP contribution in [0, 0.1) is 3.57 Å². The lowest BCUT2D eigenvalue weighted by atomic mass is 10.2. The molecule has 0 aliphatic heterocycles. The van der Waals surface area contributed by atoms with E-state index in [9.17, 15) is 0 Å². The second kappa shape index (κ2) is 5.73. The van der Waals surface area contributed by atoms with Crippen molar-refractivity contribution in [2.24, 2.45) is 0 Å². The van der Waals surface area contributed by atoms with Gasteiger partial charge in [0.25, 0.3) is 0 Å². The van der Waals surface area contributed by atoms with Crippen molar-refractivity contribution in [3.05, 3.63) is 56.2 Å². The molecular formula is C15H12BrIN2O. The van der Waals surface area contributed by atoms with Gasteiger partial charge in [0, 0.05) is 8.96 Å². The number of methoxy groups -OCH3 is 1. The standard InChI is InChI=1S/C15H12BrIN2O/c1-20-15-5-2-10(6-13(15)16)9-19-14-7-12(17)4-3-11(14)8-18-19/h2-8H,9H2,1H3. The van der Waals surface area contributed by atoms with Gasteiger partial charge in [-0.05, 0) is 68.3 Å². The van der Waals surface area contributed by atoms with Gasteiger partial charge in [-0.25, -0.2) is 0 Å². The fourth-order valence-electron chi connectivity index (χ4n) is 2.15. The zero-order valence-electron chi connectivity index (χ0n) is 10.8. The highest BCUT2D eigenvalue weighted by atomic mass is 127. The fourth-order valence-corrected chi connectivity index (χ4v) is 3.21. The first-order valence-corrected chi connectivity index (χ1v) is 7.98. The summed E-state index contributed by atoms with van der Waals surface area (Å²) in [5.74, 6) is 0.841. The fraction of sp³-hybridized carbons (Fsp3) is 0.133. The Morgan fingerprint density at radius 2 is 2.10 bits per heavy atom. The molecule has 2 aromatic carbocycles. The number of nitrogens with zero attached hydrogens (tertiary/aromatic N) is 2. The Bertz CT molecular complexity index is 770. The Morgan fingerprint density at radius 3 is 2.85 bits per heavy atom. The average molecular weight is 443 g/mol. The zero-order chi connectivity index (χ0) is 14.1. The third-order valence-electron chi connectivity index (χ3n) is 3.16. The van der Waals surface area contributed by atoms with Gasteiger partial charge < -0.3 is 4.74 Å². The van der Waals surface area contributed by atoms with Crippen LogP contribution in [0.1, 0.15) is 5.56 Å². The smallest absolute Gasteiger partial charge is 0.133 e.